The molecule has 0 spiro atoms. The van der Waals surface area contributed by atoms with Crippen LogP contribution in [0.15, 0.2) is 17.5 Å². The summed E-state index contributed by atoms with van der Waals surface area (Å²) in [6, 6.07) is 5.59. The summed E-state index contributed by atoms with van der Waals surface area (Å²) >= 11 is 1.41. The van der Waals surface area contributed by atoms with E-state index in [4.69, 9.17) is 11.0 Å². The lowest BCUT2D eigenvalue weighted by Crippen LogP contribution is -1.85. The average molecular weight is 204 g/mol. The SMILES string of the molecule is N#CCc1csc2c(O)c(N)ccc12. The van der Waals surface area contributed by atoms with Crippen LogP contribution in [0.1, 0.15) is 5.56 Å². The molecule has 1 aromatic heterocycles. The van der Waals surface area contributed by atoms with Crippen molar-refractivity contribution in [2.75, 3.05) is 5.73 Å². The van der Waals surface area contributed by atoms with Gasteiger partial charge in [0.15, 0.2) is 5.75 Å². The van der Waals surface area contributed by atoms with Gasteiger partial charge in [-0.2, -0.15) is 5.26 Å². The fourth-order valence-electron chi connectivity index (χ4n) is 1.37. The van der Waals surface area contributed by atoms with Crippen molar-refractivity contribution in [2.24, 2.45) is 0 Å². The van der Waals surface area contributed by atoms with Crippen molar-refractivity contribution < 1.29 is 5.11 Å². The summed E-state index contributed by atoms with van der Waals surface area (Å²) < 4.78 is 0.759. The molecule has 0 fully saturated rings. The van der Waals surface area contributed by atoms with Gasteiger partial charge in [-0.3, -0.25) is 0 Å². The first-order chi connectivity index (χ1) is 6.74. The molecule has 2 aromatic rings. The van der Waals surface area contributed by atoms with Gasteiger partial charge in [0, 0.05) is 5.39 Å². The number of nitriles is 1. The molecule has 0 aliphatic carbocycles. The third-order valence-electron chi connectivity index (χ3n) is 2.10. The molecule has 3 nitrogen and oxygen atoms in total. The number of hydrogen-bond acceptors (Lipinski definition) is 4. The van der Waals surface area contributed by atoms with Crippen LogP contribution in [0.2, 0.25) is 0 Å². The molecule has 14 heavy (non-hydrogen) atoms. The van der Waals surface area contributed by atoms with E-state index in [9.17, 15) is 5.11 Å². The van der Waals surface area contributed by atoms with E-state index < -0.39 is 0 Å². The minimum Gasteiger partial charge on any atom is -0.504 e. The molecule has 70 valence electrons. The van der Waals surface area contributed by atoms with Crippen molar-refractivity contribution in [1.29, 1.82) is 5.26 Å². The van der Waals surface area contributed by atoms with Crippen molar-refractivity contribution in [3.8, 4) is 11.8 Å². The Labute approximate surface area is 85.0 Å². The van der Waals surface area contributed by atoms with Crippen LogP contribution >= 0.6 is 11.3 Å². The number of benzene rings is 1. The van der Waals surface area contributed by atoms with Crippen LogP contribution in [0.3, 0.4) is 0 Å². The van der Waals surface area contributed by atoms with Crippen LogP contribution in [-0.4, -0.2) is 5.11 Å². The second-order valence-corrected chi connectivity index (χ2v) is 3.86. The number of fused-ring (bicyclic) bond motifs is 1. The lowest BCUT2D eigenvalue weighted by atomic mass is 10.1. The van der Waals surface area contributed by atoms with Crippen LogP contribution in [0, 0.1) is 11.3 Å². The van der Waals surface area contributed by atoms with Crippen molar-refractivity contribution in [3.63, 3.8) is 0 Å². The number of nitrogen functional groups attached to an aromatic ring is 1. The Kier molecular flexibility index (Phi) is 2.02. The van der Waals surface area contributed by atoms with E-state index in [0.717, 1.165) is 15.6 Å². The Balaban J connectivity index is 2.72. The summed E-state index contributed by atoms with van der Waals surface area (Å²) in [4.78, 5) is 0. The smallest absolute Gasteiger partial charge is 0.156 e. The van der Waals surface area contributed by atoms with Gasteiger partial charge in [-0.1, -0.05) is 6.07 Å². The number of hydrogen-bond donors (Lipinski definition) is 2. The third-order valence-corrected chi connectivity index (χ3v) is 3.15. The molecule has 0 saturated carbocycles. The summed E-state index contributed by atoms with van der Waals surface area (Å²) in [5.41, 5.74) is 6.89. The molecule has 0 aliphatic rings. The Morgan fingerprint density at radius 3 is 3.00 bits per heavy atom. The zero-order chi connectivity index (χ0) is 10.1. The normalized spacial score (nSPS) is 10.2. The van der Waals surface area contributed by atoms with Crippen LogP contribution in [0.4, 0.5) is 5.69 Å². The maximum atomic E-state index is 9.64. The number of phenols is 1. The van der Waals surface area contributed by atoms with E-state index in [1.165, 1.54) is 11.3 Å². The van der Waals surface area contributed by atoms with E-state index in [-0.39, 0.29) is 5.75 Å². The summed E-state index contributed by atoms with van der Waals surface area (Å²) in [7, 11) is 0. The minimum absolute atomic E-state index is 0.122. The van der Waals surface area contributed by atoms with E-state index in [1.807, 2.05) is 11.4 Å². The molecule has 0 bridgehead atoms. The van der Waals surface area contributed by atoms with E-state index in [0.29, 0.717) is 12.1 Å². The molecule has 3 N–H and O–H groups in total. The zero-order valence-corrected chi connectivity index (χ0v) is 8.14. The van der Waals surface area contributed by atoms with Crippen LogP contribution in [0.5, 0.6) is 5.75 Å². The van der Waals surface area contributed by atoms with Gasteiger partial charge in [-0.25, -0.2) is 0 Å². The maximum absolute atomic E-state index is 9.64. The van der Waals surface area contributed by atoms with Crippen LogP contribution < -0.4 is 5.73 Å². The van der Waals surface area contributed by atoms with Gasteiger partial charge >= 0.3 is 0 Å². The average Bonchev–Trinajstić information content (AvgIpc) is 2.57. The largest absolute Gasteiger partial charge is 0.504 e. The van der Waals surface area contributed by atoms with Gasteiger partial charge in [0.05, 0.1) is 22.9 Å². The Bertz CT molecular complexity index is 525. The van der Waals surface area contributed by atoms with Crippen LogP contribution in [0.25, 0.3) is 10.1 Å². The predicted octanol–water partition coefficient (Wildman–Crippen LogP) is 2.26. The first-order valence-corrected chi connectivity index (χ1v) is 4.96. The number of rotatable bonds is 1. The molecule has 0 atom stereocenters. The first kappa shape index (κ1) is 8.85. The standard InChI is InChI=1S/C10H8N2OS/c11-4-3-6-5-14-10-7(6)1-2-8(12)9(10)13/h1-2,5,13H,3,12H2. The number of anilines is 1. The van der Waals surface area contributed by atoms with E-state index in [1.54, 1.807) is 6.07 Å². The lowest BCUT2D eigenvalue weighted by molar-refractivity contribution is 0.485. The Morgan fingerprint density at radius 2 is 2.29 bits per heavy atom. The molecule has 1 heterocycles. The van der Waals surface area contributed by atoms with Crippen molar-refractivity contribution in [1.82, 2.24) is 0 Å². The van der Waals surface area contributed by atoms with Crippen LogP contribution in [-0.2, 0) is 6.42 Å². The molecular weight excluding hydrogens is 196 g/mol. The molecule has 0 aliphatic heterocycles. The zero-order valence-electron chi connectivity index (χ0n) is 7.32. The highest BCUT2D eigenvalue weighted by atomic mass is 32.1. The first-order valence-electron chi connectivity index (χ1n) is 4.08. The molecular formula is C10H8N2OS. The summed E-state index contributed by atoms with van der Waals surface area (Å²) in [5, 5.41) is 21.0. The highest BCUT2D eigenvalue weighted by Crippen LogP contribution is 2.37. The number of aromatic hydroxyl groups is 1. The fraction of sp³-hybridized carbons (Fsp3) is 0.100. The second kappa shape index (κ2) is 3.20. The molecule has 2 rings (SSSR count). The number of nitrogens with zero attached hydrogens (tertiary/aromatic N) is 1. The van der Waals surface area contributed by atoms with Gasteiger partial charge in [0.1, 0.15) is 0 Å². The Morgan fingerprint density at radius 1 is 1.50 bits per heavy atom. The second-order valence-electron chi connectivity index (χ2n) is 2.98. The molecule has 0 amide bonds. The quantitative estimate of drug-likeness (QED) is 0.553. The maximum Gasteiger partial charge on any atom is 0.156 e. The minimum atomic E-state index is 0.122. The molecule has 0 saturated heterocycles. The van der Waals surface area contributed by atoms with E-state index in [2.05, 4.69) is 6.07 Å². The molecule has 4 heteroatoms. The fourth-order valence-corrected chi connectivity index (χ4v) is 2.40. The topological polar surface area (TPSA) is 70.0 Å². The summed E-state index contributed by atoms with van der Waals surface area (Å²) in [6.45, 7) is 0. The molecule has 0 radical (unpaired) electrons. The summed E-state index contributed by atoms with van der Waals surface area (Å²) in [6.07, 6.45) is 0.364. The van der Waals surface area contributed by atoms with E-state index >= 15 is 0 Å². The summed E-state index contributed by atoms with van der Waals surface area (Å²) in [5.74, 6) is 0.122. The van der Waals surface area contributed by atoms with Gasteiger partial charge in [0.2, 0.25) is 0 Å². The predicted molar refractivity (Wildman–Crippen MR) is 57.2 cm³/mol. The highest BCUT2D eigenvalue weighted by molar-refractivity contribution is 7.17. The monoisotopic (exact) mass is 204 g/mol. The van der Waals surface area contributed by atoms with Gasteiger partial charge < -0.3 is 10.8 Å². The van der Waals surface area contributed by atoms with Crippen molar-refractivity contribution >= 4 is 27.1 Å². The van der Waals surface area contributed by atoms with Crippen molar-refractivity contribution in [2.45, 2.75) is 6.42 Å². The molecule has 1 aromatic carbocycles. The van der Waals surface area contributed by atoms with Gasteiger partial charge in [-0.15, -0.1) is 11.3 Å². The van der Waals surface area contributed by atoms with Gasteiger partial charge in [-0.05, 0) is 17.0 Å². The lowest BCUT2D eigenvalue weighted by Gasteiger charge is -1.99. The number of nitrogens with two attached hydrogens (primary N) is 1. The number of phenolic OH excluding ortho intramolecular Hbond substituents is 1. The van der Waals surface area contributed by atoms with Gasteiger partial charge in [0.25, 0.3) is 0 Å². The van der Waals surface area contributed by atoms with Crippen molar-refractivity contribution in [3.05, 3.63) is 23.1 Å². The third kappa shape index (κ3) is 1.19. The highest BCUT2D eigenvalue weighted by Gasteiger charge is 2.09. The molecule has 0 unspecified atom stereocenters. The Hall–Kier alpha value is -1.73. The number of thiophene rings is 1.